The van der Waals surface area contributed by atoms with Gasteiger partial charge in [0.1, 0.15) is 0 Å². The van der Waals surface area contributed by atoms with Gasteiger partial charge in [0.05, 0.1) is 12.4 Å². The minimum Gasteiger partial charge on any atom is -0.354 e. The first-order valence-electron chi connectivity index (χ1n) is 9.55. The van der Waals surface area contributed by atoms with E-state index in [2.05, 4.69) is 52.9 Å². The second-order valence-electron chi connectivity index (χ2n) is 7.03. The fourth-order valence-electron chi connectivity index (χ4n) is 3.51. The Kier molecular flexibility index (Phi) is 9.41. The summed E-state index contributed by atoms with van der Waals surface area (Å²) in [6, 6.07) is 7.75. The standard InChI is InChI=1S/C20H27BrN6O.HI/c1-15-6-10-26(13-18(15)27-11-9-23-14-27)20(22-2)25-8-7-24-19(28)16-4-3-5-17(21)12-16;/h3-5,9,11-12,14-15,18H,6-8,10,13H2,1-2H3,(H,22,25)(H,24,28);1H. The van der Waals surface area contributed by atoms with E-state index in [4.69, 9.17) is 0 Å². The number of nitrogens with zero attached hydrogens (tertiary/aromatic N) is 4. The zero-order valence-corrected chi connectivity index (χ0v) is 20.6. The topological polar surface area (TPSA) is 74.6 Å². The number of hydrogen-bond donors (Lipinski definition) is 2. The van der Waals surface area contributed by atoms with Gasteiger partial charge in [0.25, 0.3) is 5.91 Å². The number of imidazole rings is 1. The van der Waals surface area contributed by atoms with E-state index >= 15 is 0 Å². The number of hydrogen-bond acceptors (Lipinski definition) is 3. The lowest BCUT2D eigenvalue weighted by Gasteiger charge is -2.39. The number of carbonyl (C=O) groups is 1. The minimum absolute atomic E-state index is 0. The van der Waals surface area contributed by atoms with Crippen LogP contribution in [0.2, 0.25) is 0 Å². The lowest BCUT2D eigenvalue weighted by molar-refractivity contribution is 0.0954. The molecule has 0 radical (unpaired) electrons. The monoisotopic (exact) mass is 574 g/mol. The average molecular weight is 575 g/mol. The molecule has 0 aliphatic carbocycles. The molecule has 29 heavy (non-hydrogen) atoms. The molecule has 158 valence electrons. The summed E-state index contributed by atoms with van der Waals surface area (Å²) >= 11 is 3.39. The van der Waals surface area contributed by atoms with Crippen LogP contribution in [0.3, 0.4) is 0 Å². The second-order valence-corrected chi connectivity index (χ2v) is 7.95. The molecule has 1 aliphatic heterocycles. The Hall–Kier alpha value is -1.62. The van der Waals surface area contributed by atoms with Gasteiger partial charge in [0.15, 0.2) is 5.96 Å². The number of guanidine groups is 1. The van der Waals surface area contributed by atoms with Gasteiger partial charge in [0, 0.05) is 55.7 Å². The number of rotatable bonds is 5. The van der Waals surface area contributed by atoms with Gasteiger partial charge in [-0.05, 0) is 30.5 Å². The molecular formula is C20H28BrIN6O. The van der Waals surface area contributed by atoms with Crippen LogP contribution in [0.5, 0.6) is 0 Å². The van der Waals surface area contributed by atoms with Crippen LogP contribution in [-0.4, -0.2) is 59.5 Å². The number of aromatic nitrogens is 2. The highest BCUT2D eigenvalue weighted by Gasteiger charge is 2.28. The van der Waals surface area contributed by atoms with Gasteiger partial charge in [-0.2, -0.15) is 0 Å². The zero-order chi connectivity index (χ0) is 19.9. The Morgan fingerprint density at radius 2 is 2.14 bits per heavy atom. The van der Waals surface area contributed by atoms with E-state index in [1.165, 1.54) is 0 Å². The van der Waals surface area contributed by atoms with Crippen molar-refractivity contribution in [2.45, 2.75) is 19.4 Å². The molecule has 3 rings (SSSR count). The van der Waals surface area contributed by atoms with Crippen LogP contribution in [0.4, 0.5) is 0 Å². The summed E-state index contributed by atoms with van der Waals surface area (Å²) in [6.45, 7) is 5.29. The van der Waals surface area contributed by atoms with E-state index in [1.54, 1.807) is 13.1 Å². The van der Waals surface area contributed by atoms with Gasteiger partial charge in [-0.15, -0.1) is 24.0 Å². The summed E-state index contributed by atoms with van der Waals surface area (Å²) in [5.41, 5.74) is 0.645. The van der Waals surface area contributed by atoms with Crippen LogP contribution in [0, 0.1) is 5.92 Å². The van der Waals surface area contributed by atoms with Crippen LogP contribution in [0.1, 0.15) is 29.7 Å². The maximum Gasteiger partial charge on any atom is 0.251 e. The number of likely N-dealkylation sites (tertiary alicyclic amines) is 1. The summed E-state index contributed by atoms with van der Waals surface area (Å²) in [6.07, 6.45) is 6.84. The molecule has 2 aromatic rings. The van der Waals surface area contributed by atoms with Crippen LogP contribution >= 0.6 is 39.9 Å². The van der Waals surface area contributed by atoms with Crippen LogP contribution < -0.4 is 10.6 Å². The molecule has 0 saturated carbocycles. The third-order valence-electron chi connectivity index (χ3n) is 5.12. The van der Waals surface area contributed by atoms with Gasteiger partial charge in [-0.25, -0.2) is 4.98 Å². The molecule has 0 spiro atoms. The number of piperidine rings is 1. The molecule has 1 fully saturated rings. The Balaban J connectivity index is 0.00000300. The second kappa shape index (κ2) is 11.5. The van der Waals surface area contributed by atoms with Crippen molar-refractivity contribution in [2.24, 2.45) is 10.9 Å². The number of halogens is 2. The van der Waals surface area contributed by atoms with Crippen molar-refractivity contribution in [2.75, 3.05) is 33.2 Å². The highest BCUT2D eigenvalue weighted by Crippen LogP contribution is 2.27. The van der Waals surface area contributed by atoms with Crippen molar-refractivity contribution >= 4 is 51.8 Å². The molecule has 1 amide bonds. The van der Waals surface area contributed by atoms with E-state index in [-0.39, 0.29) is 29.9 Å². The lowest BCUT2D eigenvalue weighted by atomic mass is 9.93. The van der Waals surface area contributed by atoms with Gasteiger partial charge in [0.2, 0.25) is 0 Å². The summed E-state index contributed by atoms with van der Waals surface area (Å²) in [5, 5.41) is 6.30. The van der Waals surface area contributed by atoms with Crippen molar-refractivity contribution < 1.29 is 4.79 Å². The largest absolute Gasteiger partial charge is 0.354 e. The highest BCUT2D eigenvalue weighted by molar-refractivity contribution is 14.0. The van der Waals surface area contributed by atoms with Crippen molar-refractivity contribution in [3.05, 3.63) is 53.0 Å². The lowest BCUT2D eigenvalue weighted by Crippen LogP contribution is -2.50. The molecule has 2 atom stereocenters. The fourth-order valence-corrected chi connectivity index (χ4v) is 3.91. The van der Waals surface area contributed by atoms with E-state index in [9.17, 15) is 4.79 Å². The van der Waals surface area contributed by atoms with Crippen molar-refractivity contribution in [3.8, 4) is 0 Å². The Bertz CT molecular complexity index is 813. The first-order valence-corrected chi connectivity index (χ1v) is 10.3. The predicted octanol–water partition coefficient (Wildman–Crippen LogP) is 3.15. The molecule has 1 aromatic heterocycles. The highest BCUT2D eigenvalue weighted by atomic mass is 127. The number of amides is 1. The zero-order valence-electron chi connectivity index (χ0n) is 16.7. The third-order valence-corrected chi connectivity index (χ3v) is 5.61. The van der Waals surface area contributed by atoms with Crippen LogP contribution in [-0.2, 0) is 0 Å². The smallest absolute Gasteiger partial charge is 0.251 e. The quantitative estimate of drug-likeness (QED) is 0.249. The Morgan fingerprint density at radius 1 is 1.34 bits per heavy atom. The van der Waals surface area contributed by atoms with Crippen molar-refractivity contribution in [1.29, 1.82) is 0 Å². The first-order chi connectivity index (χ1) is 13.6. The van der Waals surface area contributed by atoms with E-state index in [0.717, 1.165) is 29.9 Å². The Morgan fingerprint density at radius 3 is 2.83 bits per heavy atom. The maximum atomic E-state index is 12.2. The minimum atomic E-state index is -0.0787. The predicted molar refractivity (Wildman–Crippen MR) is 130 cm³/mol. The average Bonchev–Trinajstić information content (AvgIpc) is 3.23. The van der Waals surface area contributed by atoms with E-state index in [1.807, 2.05) is 36.9 Å². The van der Waals surface area contributed by atoms with Gasteiger partial charge in [-0.1, -0.05) is 28.9 Å². The summed E-state index contributed by atoms with van der Waals surface area (Å²) in [7, 11) is 1.80. The molecule has 2 N–H and O–H groups in total. The Labute approximate surface area is 197 Å². The van der Waals surface area contributed by atoms with Crippen LogP contribution in [0.25, 0.3) is 0 Å². The van der Waals surface area contributed by atoms with E-state index < -0.39 is 0 Å². The molecule has 1 aliphatic rings. The van der Waals surface area contributed by atoms with E-state index in [0.29, 0.717) is 30.6 Å². The molecule has 9 heteroatoms. The molecule has 0 bridgehead atoms. The molecule has 7 nitrogen and oxygen atoms in total. The fraction of sp³-hybridized carbons (Fsp3) is 0.450. The van der Waals surface area contributed by atoms with Gasteiger partial charge >= 0.3 is 0 Å². The molecular weight excluding hydrogens is 547 g/mol. The SMILES string of the molecule is CN=C(NCCNC(=O)c1cccc(Br)c1)N1CCC(C)C(n2ccnc2)C1.I. The third kappa shape index (κ3) is 6.43. The number of carbonyl (C=O) groups excluding carboxylic acids is 1. The molecule has 1 saturated heterocycles. The first kappa shape index (κ1) is 23.7. The maximum absolute atomic E-state index is 12.2. The summed E-state index contributed by atoms with van der Waals surface area (Å²) in [5.74, 6) is 1.38. The number of benzene rings is 1. The normalized spacial score (nSPS) is 19.4. The van der Waals surface area contributed by atoms with Crippen LogP contribution in [0.15, 0.2) is 52.5 Å². The summed E-state index contributed by atoms with van der Waals surface area (Å²) in [4.78, 5) is 23.1. The molecule has 2 heterocycles. The molecule has 1 aromatic carbocycles. The number of nitrogens with one attached hydrogen (secondary N) is 2. The molecule has 2 unspecified atom stereocenters. The van der Waals surface area contributed by atoms with Crippen molar-refractivity contribution in [1.82, 2.24) is 25.1 Å². The number of aliphatic imine (C=N–C) groups is 1. The van der Waals surface area contributed by atoms with Gasteiger partial charge in [-0.3, -0.25) is 9.79 Å². The van der Waals surface area contributed by atoms with Gasteiger partial charge < -0.3 is 20.1 Å². The van der Waals surface area contributed by atoms with Crippen molar-refractivity contribution in [3.63, 3.8) is 0 Å². The summed E-state index contributed by atoms with van der Waals surface area (Å²) < 4.78 is 3.08.